The van der Waals surface area contributed by atoms with E-state index in [-0.39, 0.29) is 5.91 Å². The Morgan fingerprint density at radius 2 is 1.91 bits per heavy atom. The second-order valence-electron chi connectivity index (χ2n) is 8.35. The Morgan fingerprint density at radius 1 is 1.06 bits per heavy atom. The van der Waals surface area contributed by atoms with Crippen LogP contribution in [0.15, 0.2) is 47.8 Å². The van der Waals surface area contributed by atoms with Crippen LogP contribution >= 0.6 is 11.3 Å². The number of imidazole rings is 1. The van der Waals surface area contributed by atoms with Gasteiger partial charge in [0.05, 0.1) is 17.6 Å². The van der Waals surface area contributed by atoms with Gasteiger partial charge >= 0.3 is 0 Å². The van der Waals surface area contributed by atoms with Crippen LogP contribution in [0.25, 0.3) is 11.0 Å². The van der Waals surface area contributed by atoms with E-state index in [0.29, 0.717) is 19.0 Å². The average Bonchev–Trinajstić information content (AvgIpc) is 3.62. The summed E-state index contributed by atoms with van der Waals surface area (Å²) in [6, 6.07) is 13.9. The van der Waals surface area contributed by atoms with E-state index in [4.69, 9.17) is 9.47 Å². The van der Waals surface area contributed by atoms with Gasteiger partial charge in [-0.25, -0.2) is 9.97 Å². The van der Waals surface area contributed by atoms with E-state index in [0.717, 1.165) is 66.2 Å². The molecule has 1 saturated heterocycles. The van der Waals surface area contributed by atoms with Crippen molar-refractivity contribution < 1.29 is 14.3 Å². The zero-order chi connectivity index (χ0) is 22.9. The number of hydrogen-bond donors (Lipinski definition) is 2. The van der Waals surface area contributed by atoms with Gasteiger partial charge in [0.15, 0.2) is 16.6 Å². The number of nitrogens with zero attached hydrogens (tertiary/aromatic N) is 4. The number of carbonyl (C=O) groups is 1. The molecule has 10 heteroatoms. The lowest BCUT2D eigenvalue weighted by atomic mass is 10.1. The van der Waals surface area contributed by atoms with E-state index < -0.39 is 0 Å². The fraction of sp³-hybridized carbons (Fsp3) is 0.292. The van der Waals surface area contributed by atoms with E-state index in [1.165, 1.54) is 16.9 Å². The number of nitrogens with one attached hydrogen (secondary N) is 2. The third-order valence-corrected chi connectivity index (χ3v) is 6.97. The minimum Gasteiger partial charge on any atom is -0.454 e. The minimum atomic E-state index is -0.190. The Labute approximate surface area is 200 Å². The summed E-state index contributed by atoms with van der Waals surface area (Å²) in [5.74, 6) is 2.17. The van der Waals surface area contributed by atoms with E-state index in [2.05, 4.69) is 42.2 Å². The Bertz CT molecular complexity index is 1290. The molecule has 4 heterocycles. The van der Waals surface area contributed by atoms with Crippen LogP contribution in [-0.2, 0) is 13.1 Å². The molecule has 1 amide bonds. The first-order chi connectivity index (χ1) is 16.7. The van der Waals surface area contributed by atoms with Crippen molar-refractivity contribution in [2.45, 2.75) is 13.1 Å². The minimum absolute atomic E-state index is 0.190. The zero-order valence-electron chi connectivity index (χ0n) is 18.5. The van der Waals surface area contributed by atoms with Gasteiger partial charge in [-0.15, -0.1) is 11.3 Å². The number of thiazole rings is 1. The predicted molar refractivity (Wildman–Crippen MR) is 129 cm³/mol. The van der Waals surface area contributed by atoms with Gasteiger partial charge in [-0.3, -0.25) is 9.69 Å². The monoisotopic (exact) mass is 476 g/mol. The zero-order valence-corrected chi connectivity index (χ0v) is 19.3. The number of carbonyl (C=O) groups excluding carboxylic acids is 1. The van der Waals surface area contributed by atoms with Crippen LogP contribution in [0, 0.1) is 0 Å². The molecule has 0 spiro atoms. The molecule has 34 heavy (non-hydrogen) atoms. The number of benzene rings is 2. The first-order valence-electron chi connectivity index (χ1n) is 11.2. The van der Waals surface area contributed by atoms with Crippen molar-refractivity contribution in [1.82, 2.24) is 25.2 Å². The van der Waals surface area contributed by atoms with E-state index in [1.807, 2.05) is 35.7 Å². The molecule has 2 aromatic carbocycles. The number of aromatic amines is 1. The van der Waals surface area contributed by atoms with Crippen LogP contribution in [0.1, 0.15) is 21.9 Å². The summed E-state index contributed by atoms with van der Waals surface area (Å²) in [5, 5.41) is 5.62. The summed E-state index contributed by atoms with van der Waals surface area (Å²) in [7, 11) is 0. The molecule has 0 bridgehead atoms. The number of rotatable bonds is 6. The Morgan fingerprint density at radius 3 is 2.79 bits per heavy atom. The predicted octanol–water partition coefficient (Wildman–Crippen LogP) is 3.00. The van der Waals surface area contributed by atoms with Crippen LogP contribution < -0.4 is 19.7 Å². The lowest BCUT2D eigenvalue weighted by molar-refractivity contribution is 0.0945. The Hall–Kier alpha value is -3.63. The van der Waals surface area contributed by atoms with Gasteiger partial charge < -0.3 is 24.7 Å². The third-order valence-electron chi connectivity index (χ3n) is 6.07. The van der Waals surface area contributed by atoms with Crippen molar-refractivity contribution in [2.24, 2.45) is 0 Å². The van der Waals surface area contributed by atoms with Gasteiger partial charge in [0, 0.05) is 38.1 Å². The molecule has 2 aromatic heterocycles. The Balaban J connectivity index is 1.01. The summed E-state index contributed by atoms with van der Waals surface area (Å²) in [6.07, 6.45) is 0. The first kappa shape index (κ1) is 20.9. The molecule has 0 radical (unpaired) electrons. The standard InChI is InChI=1S/C24H24N6O3S/c31-23(25-12-22-26-17-3-1-2-4-18(17)27-22)19-14-34-24(28-19)30-9-7-29(8-10-30)13-16-5-6-20-21(11-16)33-15-32-20/h1-6,11,14H,7-10,12-13,15H2,(H,25,31)(H,26,27). The number of fused-ring (bicyclic) bond motifs is 2. The highest BCUT2D eigenvalue weighted by Gasteiger charge is 2.22. The molecular formula is C24H24N6O3S. The maximum absolute atomic E-state index is 12.6. The summed E-state index contributed by atoms with van der Waals surface area (Å²) in [4.78, 5) is 29.6. The van der Waals surface area contributed by atoms with Crippen LogP contribution in [0.5, 0.6) is 11.5 Å². The van der Waals surface area contributed by atoms with Crippen LogP contribution in [-0.4, -0.2) is 58.7 Å². The number of piperazine rings is 1. The summed E-state index contributed by atoms with van der Waals surface area (Å²) in [5.41, 5.74) is 3.51. The molecule has 174 valence electrons. The number of ether oxygens (including phenoxy) is 2. The molecule has 0 saturated carbocycles. The maximum atomic E-state index is 12.6. The molecule has 9 nitrogen and oxygen atoms in total. The van der Waals surface area contributed by atoms with Crippen molar-refractivity contribution in [3.05, 3.63) is 64.9 Å². The molecule has 2 N–H and O–H groups in total. The van der Waals surface area contributed by atoms with E-state index in [9.17, 15) is 4.79 Å². The quantitative estimate of drug-likeness (QED) is 0.442. The molecular weight excluding hydrogens is 452 g/mol. The number of para-hydroxylation sites is 2. The van der Waals surface area contributed by atoms with Crippen molar-refractivity contribution >= 4 is 33.4 Å². The summed E-state index contributed by atoms with van der Waals surface area (Å²) < 4.78 is 10.9. The highest BCUT2D eigenvalue weighted by atomic mass is 32.1. The molecule has 0 unspecified atom stereocenters. The van der Waals surface area contributed by atoms with Crippen molar-refractivity contribution in [1.29, 1.82) is 0 Å². The maximum Gasteiger partial charge on any atom is 0.271 e. The summed E-state index contributed by atoms with van der Waals surface area (Å²) in [6.45, 7) is 5.11. The highest BCUT2D eigenvalue weighted by molar-refractivity contribution is 7.13. The number of hydrogen-bond acceptors (Lipinski definition) is 8. The second kappa shape index (κ2) is 8.96. The number of anilines is 1. The second-order valence-corrected chi connectivity index (χ2v) is 9.19. The van der Waals surface area contributed by atoms with Gasteiger partial charge in [-0.2, -0.15) is 0 Å². The van der Waals surface area contributed by atoms with Crippen molar-refractivity contribution in [3.8, 4) is 11.5 Å². The SMILES string of the molecule is O=C(NCc1nc2ccccc2[nH]1)c1csc(N2CCN(Cc3ccc4c(c3)OCO4)CC2)n1. The largest absolute Gasteiger partial charge is 0.454 e. The smallest absolute Gasteiger partial charge is 0.271 e. The summed E-state index contributed by atoms with van der Waals surface area (Å²) >= 11 is 1.51. The molecule has 0 atom stereocenters. The van der Waals surface area contributed by atoms with Gasteiger partial charge in [0.2, 0.25) is 6.79 Å². The van der Waals surface area contributed by atoms with Gasteiger partial charge in [-0.05, 0) is 29.8 Å². The molecule has 2 aliphatic rings. The number of H-pyrrole nitrogens is 1. The fourth-order valence-corrected chi connectivity index (χ4v) is 5.11. The topological polar surface area (TPSA) is 95.6 Å². The lowest BCUT2D eigenvalue weighted by Crippen LogP contribution is -2.46. The van der Waals surface area contributed by atoms with Crippen LogP contribution in [0.3, 0.4) is 0 Å². The molecule has 1 fully saturated rings. The van der Waals surface area contributed by atoms with Gasteiger partial charge in [0.25, 0.3) is 5.91 Å². The molecule has 2 aliphatic heterocycles. The normalized spacial score (nSPS) is 15.7. The molecule has 0 aliphatic carbocycles. The first-order valence-corrected chi connectivity index (χ1v) is 12.1. The number of aromatic nitrogens is 3. The molecule has 4 aromatic rings. The average molecular weight is 477 g/mol. The van der Waals surface area contributed by atoms with Crippen LogP contribution in [0.4, 0.5) is 5.13 Å². The molecule has 6 rings (SSSR count). The van der Waals surface area contributed by atoms with E-state index >= 15 is 0 Å². The highest BCUT2D eigenvalue weighted by Crippen LogP contribution is 2.33. The fourth-order valence-electron chi connectivity index (χ4n) is 4.25. The number of amides is 1. The van der Waals surface area contributed by atoms with E-state index in [1.54, 1.807) is 0 Å². The van der Waals surface area contributed by atoms with Crippen molar-refractivity contribution in [2.75, 3.05) is 37.9 Å². The van der Waals surface area contributed by atoms with Crippen molar-refractivity contribution in [3.63, 3.8) is 0 Å². The Kier molecular flexibility index (Phi) is 5.52. The van der Waals surface area contributed by atoms with Gasteiger partial charge in [-0.1, -0.05) is 18.2 Å². The lowest BCUT2D eigenvalue weighted by Gasteiger charge is -2.34. The third kappa shape index (κ3) is 4.29. The van der Waals surface area contributed by atoms with Gasteiger partial charge in [0.1, 0.15) is 11.5 Å². The van der Waals surface area contributed by atoms with Crippen LogP contribution in [0.2, 0.25) is 0 Å².